The van der Waals surface area contributed by atoms with Crippen LogP contribution in [-0.4, -0.2) is 17.4 Å². The van der Waals surface area contributed by atoms with E-state index in [0.717, 1.165) is 44.9 Å². The van der Waals surface area contributed by atoms with Crippen LogP contribution in [0.25, 0.3) is 0 Å². The van der Waals surface area contributed by atoms with Crippen molar-refractivity contribution < 1.29 is 9.59 Å². The van der Waals surface area contributed by atoms with Crippen molar-refractivity contribution in [2.24, 2.45) is 34.5 Å². The molecule has 3 fully saturated rings. The molecule has 0 spiro atoms. The highest BCUT2D eigenvalue weighted by Crippen LogP contribution is 2.65. The molecule has 0 aromatic heterocycles. The van der Waals surface area contributed by atoms with Crippen molar-refractivity contribution in [1.29, 1.82) is 0 Å². The first-order chi connectivity index (χ1) is 11.4. The van der Waals surface area contributed by atoms with Crippen LogP contribution in [0.4, 0.5) is 0 Å². The lowest BCUT2D eigenvalue weighted by Gasteiger charge is -2.57. The Balaban J connectivity index is 1.70. The molecule has 2 nitrogen and oxygen atoms in total. The minimum Gasteiger partial charge on any atom is -0.299 e. The van der Waals surface area contributed by atoms with Crippen molar-refractivity contribution in [3.8, 4) is 0 Å². The fraction of sp³-hybridized carbons (Fsp3) is 0.810. The minimum absolute atomic E-state index is 0.111. The molecule has 0 radical (unpaired) electrons. The molecule has 4 aliphatic rings. The second-order valence-corrected chi connectivity index (χ2v) is 9.59. The van der Waals surface area contributed by atoms with E-state index in [9.17, 15) is 9.59 Å². The smallest absolute Gasteiger partial charge is 0.155 e. The van der Waals surface area contributed by atoms with E-state index in [-0.39, 0.29) is 10.8 Å². The van der Waals surface area contributed by atoms with Crippen molar-refractivity contribution in [2.75, 3.05) is 5.88 Å². The number of Topliss-reactive ketones (excluding diaryl/α,β-unsaturated/α-hetero) is 1. The number of carbonyl (C=O) groups is 2. The highest BCUT2D eigenvalue weighted by Gasteiger charge is 2.61. The summed E-state index contributed by atoms with van der Waals surface area (Å²) in [5.41, 5.74) is 1.48. The molecule has 6 atom stereocenters. The van der Waals surface area contributed by atoms with Crippen LogP contribution < -0.4 is 0 Å². The molecule has 0 aliphatic heterocycles. The second kappa shape index (κ2) is 5.69. The first-order valence-corrected chi connectivity index (χ1v) is 10.3. The van der Waals surface area contributed by atoms with Gasteiger partial charge in [-0.15, -0.1) is 11.6 Å². The monoisotopic (exact) mass is 348 g/mol. The molecule has 3 saturated carbocycles. The minimum atomic E-state index is -0.111. The normalized spacial score (nSPS) is 47.7. The highest BCUT2D eigenvalue weighted by atomic mass is 35.5. The van der Waals surface area contributed by atoms with Crippen LogP contribution >= 0.6 is 11.6 Å². The summed E-state index contributed by atoms with van der Waals surface area (Å²) in [7, 11) is 0. The molecular weight excluding hydrogens is 320 g/mol. The Morgan fingerprint density at radius 1 is 1.12 bits per heavy atom. The number of ketones is 2. The topological polar surface area (TPSA) is 34.1 Å². The lowest BCUT2D eigenvalue weighted by molar-refractivity contribution is -0.133. The van der Waals surface area contributed by atoms with Gasteiger partial charge in [0.2, 0.25) is 0 Å². The van der Waals surface area contributed by atoms with Crippen molar-refractivity contribution in [3.63, 3.8) is 0 Å². The zero-order chi connectivity index (χ0) is 17.1. The Bertz CT molecular complexity index is 609. The molecular formula is C21H29ClO2. The molecule has 0 heterocycles. The van der Waals surface area contributed by atoms with E-state index in [1.54, 1.807) is 0 Å². The number of alkyl halides is 1. The molecule has 0 N–H and O–H groups in total. The molecule has 0 amide bonds. The van der Waals surface area contributed by atoms with Gasteiger partial charge >= 0.3 is 0 Å². The first-order valence-electron chi connectivity index (χ1n) is 9.73. The van der Waals surface area contributed by atoms with Gasteiger partial charge in [0.15, 0.2) is 5.78 Å². The van der Waals surface area contributed by atoms with E-state index in [0.29, 0.717) is 47.5 Å². The molecule has 4 aliphatic carbocycles. The molecule has 0 aromatic rings. The third-order valence-corrected chi connectivity index (χ3v) is 8.50. The van der Waals surface area contributed by atoms with E-state index in [4.69, 9.17) is 11.6 Å². The number of rotatable bonds is 2. The number of halogens is 1. The van der Waals surface area contributed by atoms with Crippen molar-refractivity contribution in [2.45, 2.75) is 65.2 Å². The van der Waals surface area contributed by atoms with E-state index >= 15 is 0 Å². The van der Waals surface area contributed by atoms with Gasteiger partial charge in [-0.3, -0.25) is 9.59 Å². The van der Waals surface area contributed by atoms with Gasteiger partial charge in [0.25, 0.3) is 0 Å². The van der Waals surface area contributed by atoms with Crippen LogP contribution in [0.1, 0.15) is 65.2 Å². The Kier molecular flexibility index (Phi) is 3.99. The third-order valence-electron chi connectivity index (χ3n) is 8.29. The maximum Gasteiger partial charge on any atom is 0.155 e. The number of hydrogen-bond donors (Lipinski definition) is 0. The molecule has 0 saturated heterocycles. The predicted molar refractivity (Wildman–Crippen MR) is 95.9 cm³/mol. The van der Waals surface area contributed by atoms with Gasteiger partial charge in [-0.25, -0.2) is 0 Å². The number of allylic oxidation sites excluding steroid dienone is 1. The fourth-order valence-corrected chi connectivity index (χ4v) is 7.30. The summed E-state index contributed by atoms with van der Waals surface area (Å²) in [6.07, 6.45) is 9.80. The molecule has 132 valence electrons. The quantitative estimate of drug-likeness (QED) is 0.662. The largest absolute Gasteiger partial charge is 0.299 e. The molecule has 0 aromatic carbocycles. The van der Waals surface area contributed by atoms with Crippen molar-refractivity contribution in [3.05, 3.63) is 11.6 Å². The maximum absolute atomic E-state index is 12.8. The molecule has 3 heteroatoms. The summed E-state index contributed by atoms with van der Waals surface area (Å²) in [4.78, 5) is 24.7. The zero-order valence-corrected chi connectivity index (χ0v) is 15.7. The fourth-order valence-electron chi connectivity index (χ4n) is 7.02. The molecule has 24 heavy (non-hydrogen) atoms. The van der Waals surface area contributed by atoms with Crippen LogP contribution in [0.3, 0.4) is 0 Å². The van der Waals surface area contributed by atoms with Gasteiger partial charge in [0.05, 0.1) is 0 Å². The standard InChI is InChI=1S/C21H29ClO2/c1-20-8-5-15(23)12-14(20)3-4-16-17(20)6-9-21(2)18(24)11-13(7-10-22)19(16)21/h12-13,16-17,19H,3-11H2,1-2H3/t13-,16+,17-,19-,20-,21+/m0/s1. The van der Waals surface area contributed by atoms with Crippen LogP contribution in [0.15, 0.2) is 11.6 Å². The zero-order valence-electron chi connectivity index (χ0n) is 14.9. The van der Waals surface area contributed by atoms with Crippen LogP contribution in [0.5, 0.6) is 0 Å². The van der Waals surface area contributed by atoms with Gasteiger partial charge in [0.1, 0.15) is 5.78 Å². The Hall–Kier alpha value is -0.630. The van der Waals surface area contributed by atoms with Gasteiger partial charge in [-0.05, 0) is 73.7 Å². The lowest BCUT2D eigenvalue weighted by Crippen LogP contribution is -2.51. The summed E-state index contributed by atoms with van der Waals surface area (Å²) in [6, 6.07) is 0. The Morgan fingerprint density at radius 3 is 2.67 bits per heavy atom. The number of carbonyl (C=O) groups excluding carboxylic acids is 2. The van der Waals surface area contributed by atoms with Crippen LogP contribution in [-0.2, 0) is 9.59 Å². The molecule has 0 bridgehead atoms. The van der Waals surface area contributed by atoms with Crippen molar-refractivity contribution in [1.82, 2.24) is 0 Å². The van der Waals surface area contributed by atoms with Gasteiger partial charge in [-0.2, -0.15) is 0 Å². The van der Waals surface area contributed by atoms with Crippen LogP contribution in [0, 0.1) is 34.5 Å². The molecule has 0 unspecified atom stereocenters. The SMILES string of the molecule is C[C@]12CCC(=O)C=C1CC[C@H]1[C@@H]3[C@@H](CCCl)CC(=O)[C@@]3(C)CC[C@@H]12. The second-order valence-electron chi connectivity index (χ2n) is 9.21. The number of hydrogen-bond acceptors (Lipinski definition) is 2. The highest BCUT2D eigenvalue weighted by molar-refractivity contribution is 6.17. The number of fused-ring (bicyclic) bond motifs is 5. The molecule has 4 rings (SSSR count). The van der Waals surface area contributed by atoms with E-state index in [1.807, 2.05) is 6.08 Å². The van der Waals surface area contributed by atoms with Gasteiger partial charge < -0.3 is 0 Å². The Morgan fingerprint density at radius 2 is 1.92 bits per heavy atom. The summed E-state index contributed by atoms with van der Waals surface area (Å²) >= 11 is 6.08. The summed E-state index contributed by atoms with van der Waals surface area (Å²) in [5.74, 6) is 3.75. The summed E-state index contributed by atoms with van der Waals surface area (Å²) < 4.78 is 0. The van der Waals surface area contributed by atoms with Crippen LogP contribution in [0.2, 0.25) is 0 Å². The maximum atomic E-state index is 12.8. The average Bonchev–Trinajstić information content (AvgIpc) is 2.79. The summed E-state index contributed by atoms with van der Waals surface area (Å²) in [5, 5.41) is 0. The third kappa shape index (κ3) is 2.21. The first kappa shape index (κ1) is 16.8. The van der Waals surface area contributed by atoms with E-state index in [1.165, 1.54) is 5.57 Å². The van der Waals surface area contributed by atoms with Gasteiger partial charge in [-0.1, -0.05) is 19.4 Å². The lowest BCUT2D eigenvalue weighted by atomic mass is 9.46. The van der Waals surface area contributed by atoms with Gasteiger partial charge in [0, 0.05) is 24.1 Å². The average molecular weight is 349 g/mol. The van der Waals surface area contributed by atoms with E-state index < -0.39 is 0 Å². The Labute approximate surface area is 150 Å². The predicted octanol–water partition coefficient (Wildman–Crippen LogP) is 4.94. The van der Waals surface area contributed by atoms with E-state index in [2.05, 4.69) is 13.8 Å². The van der Waals surface area contributed by atoms with Crippen molar-refractivity contribution >= 4 is 23.2 Å². The summed E-state index contributed by atoms with van der Waals surface area (Å²) in [6.45, 7) is 4.64.